The fraction of sp³-hybridized carbons (Fsp3) is 0.579. The molecule has 0 saturated carbocycles. The Bertz CT molecular complexity index is 440. The average molecular weight is 266 g/mol. The Morgan fingerprint density at radius 2 is 1.75 bits per heavy atom. The molecule has 1 aromatic rings. The summed E-state index contributed by atoms with van der Waals surface area (Å²) in [4.78, 5) is 0. The molecule has 0 nitrogen and oxygen atoms in total. The van der Waals surface area contributed by atoms with Crippen molar-refractivity contribution in [3.8, 4) is 0 Å². The van der Waals surface area contributed by atoms with Gasteiger partial charge in [-0.3, -0.25) is 0 Å². The Balaban J connectivity index is 1.98. The summed E-state index contributed by atoms with van der Waals surface area (Å²) in [5.41, 5.74) is 2.97. The first-order valence-corrected chi connectivity index (χ1v) is 8.45. The Hall–Kier alpha value is -0.975. The Morgan fingerprint density at radius 3 is 2.35 bits per heavy atom. The number of allylic oxidation sites excluding steroid dienone is 1. The van der Waals surface area contributed by atoms with Gasteiger partial charge >= 0.3 is 0 Å². The van der Waals surface area contributed by atoms with E-state index in [2.05, 4.69) is 43.8 Å². The van der Waals surface area contributed by atoms with Crippen molar-refractivity contribution in [2.45, 2.75) is 63.4 Å². The molecule has 2 aliphatic rings. The molecule has 1 heteroatoms. The zero-order valence-corrected chi connectivity index (χ0v) is 12.9. The molecule has 0 unspecified atom stereocenters. The molecule has 0 amide bonds. The minimum atomic E-state index is 0.780. The first-order valence-electron chi connectivity index (χ1n) is 8.45. The van der Waals surface area contributed by atoms with Crippen LogP contribution >= 0.6 is 0 Å². The van der Waals surface area contributed by atoms with E-state index in [0.717, 1.165) is 24.3 Å². The van der Waals surface area contributed by atoms with Crippen LogP contribution in [0.4, 0.5) is 0 Å². The van der Waals surface area contributed by atoms with Crippen LogP contribution in [0, 0.1) is 5.92 Å². The quantitative estimate of drug-likeness (QED) is 0.483. The molecule has 106 valence electrons. The summed E-state index contributed by atoms with van der Waals surface area (Å²) in [5.74, 6) is 2.63. The van der Waals surface area contributed by atoms with Gasteiger partial charge in [0.25, 0.3) is 0 Å². The highest BCUT2D eigenvalue weighted by atomic mass is 14.3. The van der Waals surface area contributed by atoms with Gasteiger partial charge in [-0.15, -0.1) is 6.58 Å². The van der Waals surface area contributed by atoms with E-state index in [9.17, 15) is 0 Å². The Kier molecular flexibility index (Phi) is 4.34. The molecule has 2 heterocycles. The molecule has 3 rings (SSSR count). The molecule has 0 N–H and O–H groups in total. The van der Waals surface area contributed by atoms with Crippen LogP contribution in [0.25, 0.3) is 0 Å². The Morgan fingerprint density at radius 1 is 1.10 bits per heavy atom. The van der Waals surface area contributed by atoms with Crippen molar-refractivity contribution in [3.63, 3.8) is 0 Å². The lowest BCUT2D eigenvalue weighted by atomic mass is 9.29. The zero-order valence-electron chi connectivity index (χ0n) is 12.9. The van der Waals surface area contributed by atoms with Gasteiger partial charge in [0.05, 0.1) is 0 Å². The highest BCUT2D eigenvalue weighted by molar-refractivity contribution is 6.63. The van der Waals surface area contributed by atoms with Gasteiger partial charge in [0, 0.05) is 0 Å². The number of fused-ring (bicyclic) bond motifs is 3. The van der Waals surface area contributed by atoms with Crippen molar-refractivity contribution in [3.05, 3.63) is 48.0 Å². The largest absolute Gasteiger partial charge is 0.155 e. The van der Waals surface area contributed by atoms with Crippen molar-refractivity contribution in [2.24, 2.45) is 5.92 Å². The van der Waals surface area contributed by atoms with Crippen molar-refractivity contribution < 1.29 is 0 Å². The average Bonchev–Trinajstić information content (AvgIpc) is 2.67. The summed E-state index contributed by atoms with van der Waals surface area (Å²) in [5, 5.41) is 0. The second kappa shape index (κ2) is 6.20. The standard InChI is InChI=1S/C19H27B/c1-15(2)14-20-18-12-6-10-17(11-7-13-18)19(20)16-8-4-3-5-9-16/h3-5,8-9,17-19H,1,6-7,10-14H2,2H3/t17?,18?,19-/m1/s1. The second-order valence-electron chi connectivity index (χ2n) is 7.14. The van der Waals surface area contributed by atoms with Gasteiger partial charge in [-0.25, -0.2) is 0 Å². The van der Waals surface area contributed by atoms with Crippen molar-refractivity contribution >= 4 is 6.71 Å². The molecule has 0 radical (unpaired) electrons. The third kappa shape index (κ3) is 2.87. The molecule has 2 aliphatic heterocycles. The summed E-state index contributed by atoms with van der Waals surface area (Å²) in [6.45, 7) is 7.28. The van der Waals surface area contributed by atoms with Crippen molar-refractivity contribution in [1.29, 1.82) is 0 Å². The van der Waals surface area contributed by atoms with Crippen LogP contribution in [0.5, 0.6) is 0 Å². The highest BCUT2D eigenvalue weighted by Crippen LogP contribution is 2.49. The van der Waals surface area contributed by atoms with E-state index in [1.807, 2.05) is 0 Å². The van der Waals surface area contributed by atoms with Crippen LogP contribution in [-0.2, 0) is 0 Å². The van der Waals surface area contributed by atoms with Gasteiger partial charge in [-0.05, 0) is 18.7 Å². The molecule has 0 aliphatic carbocycles. The van der Waals surface area contributed by atoms with Gasteiger partial charge in [0.2, 0.25) is 0 Å². The van der Waals surface area contributed by atoms with E-state index in [1.165, 1.54) is 50.4 Å². The van der Waals surface area contributed by atoms with Crippen molar-refractivity contribution in [1.82, 2.24) is 0 Å². The van der Waals surface area contributed by atoms with Gasteiger partial charge in [0.15, 0.2) is 6.71 Å². The molecule has 0 spiro atoms. The fourth-order valence-electron chi connectivity index (χ4n) is 4.89. The SMILES string of the molecule is C=C(C)CB1C2CCCC(CCC2)[C@H]1c1ccccc1. The summed E-state index contributed by atoms with van der Waals surface area (Å²) < 4.78 is 0. The zero-order chi connectivity index (χ0) is 13.9. The number of benzene rings is 1. The van der Waals surface area contributed by atoms with Crippen LogP contribution < -0.4 is 0 Å². The molecule has 20 heavy (non-hydrogen) atoms. The van der Waals surface area contributed by atoms with Gasteiger partial charge in [0.1, 0.15) is 0 Å². The maximum absolute atomic E-state index is 4.22. The molecule has 1 atom stereocenters. The van der Waals surface area contributed by atoms with E-state index >= 15 is 0 Å². The van der Waals surface area contributed by atoms with Crippen LogP contribution in [0.2, 0.25) is 12.1 Å². The van der Waals surface area contributed by atoms with E-state index in [0.29, 0.717) is 0 Å². The van der Waals surface area contributed by atoms with E-state index in [1.54, 1.807) is 5.56 Å². The summed E-state index contributed by atoms with van der Waals surface area (Å²) in [6, 6.07) is 11.3. The van der Waals surface area contributed by atoms with Crippen LogP contribution in [0.3, 0.4) is 0 Å². The molecule has 2 fully saturated rings. The lowest BCUT2D eigenvalue weighted by Crippen LogP contribution is -2.30. The highest BCUT2D eigenvalue weighted by Gasteiger charge is 2.41. The van der Waals surface area contributed by atoms with Gasteiger partial charge < -0.3 is 0 Å². The smallest absolute Gasteiger partial charge is 0.101 e. The molecular weight excluding hydrogens is 239 g/mol. The summed E-state index contributed by atoms with van der Waals surface area (Å²) in [7, 11) is 0. The van der Waals surface area contributed by atoms with E-state index < -0.39 is 0 Å². The molecular formula is C19H27B. The Labute approximate surface area is 124 Å². The lowest BCUT2D eigenvalue weighted by molar-refractivity contribution is 0.391. The first-order chi connectivity index (χ1) is 9.75. The maximum Gasteiger partial charge on any atom is 0.155 e. The summed E-state index contributed by atoms with van der Waals surface area (Å²) >= 11 is 0. The molecule has 2 bridgehead atoms. The van der Waals surface area contributed by atoms with Crippen LogP contribution in [0.1, 0.15) is 56.8 Å². The monoisotopic (exact) mass is 266 g/mol. The molecule has 0 aromatic heterocycles. The third-order valence-electron chi connectivity index (χ3n) is 5.64. The van der Waals surface area contributed by atoms with E-state index in [4.69, 9.17) is 0 Å². The maximum atomic E-state index is 4.22. The van der Waals surface area contributed by atoms with Crippen LogP contribution in [0.15, 0.2) is 42.5 Å². The third-order valence-corrected chi connectivity index (χ3v) is 5.64. The van der Waals surface area contributed by atoms with Gasteiger partial charge in [-0.1, -0.05) is 92.1 Å². The molecule has 1 aromatic carbocycles. The van der Waals surface area contributed by atoms with E-state index in [-0.39, 0.29) is 0 Å². The first kappa shape index (κ1) is 14.0. The van der Waals surface area contributed by atoms with Crippen molar-refractivity contribution in [2.75, 3.05) is 0 Å². The normalized spacial score (nSPS) is 29.9. The number of hydrogen-bond donors (Lipinski definition) is 0. The molecule has 2 saturated heterocycles. The lowest BCUT2D eigenvalue weighted by Gasteiger charge is -2.31. The number of hydrogen-bond acceptors (Lipinski definition) is 0. The second-order valence-corrected chi connectivity index (χ2v) is 7.14. The minimum absolute atomic E-state index is 0.780. The predicted octanol–water partition coefficient (Wildman–Crippen LogP) is 5.73. The van der Waals surface area contributed by atoms with Crippen LogP contribution in [-0.4, -0.2) is 6.71 Å². The topological polar surface area (TPSA) is 0 Å². The predicted molar refractivity (Wildman–Crippen MR) is 89.5 cm³/mol. The minimum Gasteiger partial charge on any atom is -0.101 e. The summed E-state index contributed by atoms with van der Waals surface area (Å²) in [6.07, 6.45) is 9.94. The van der Waals surface area contributed by atoms with Gasteiger partial charge in [-0.2, -0.15) is 0 Å². The number of rotatable bonds is 3. The fourth-order valence-corrected chi connectivity index (χ4v) is 4.89.